The molecule has 1 rings (SSSR count). The minimum absolute atomic E-state index is 0.00333. The maximum Gasteiger partial charge on any atom is 0.402 e. The number of nitrogens with zero attached hydrogens (tertiary/aromatic N) is 1. The van der Waals surface area contributed by atoms with Gasteiger partial charge in [-0.05, 0) is 6.42 Å². The van der Waals surface area contributed by atoms with Crippen LogP contribution in [-0.2, 0) is 4.74 Å². The SMILES string of the molecule is CCC1CN(CC(Br)C(F)(F)F)CCO1. The van der Waals surface area contributed by atoms with Crippen LogP contribution in [0.5, 0.6) is 0 Å². The molecular weight excluding hydrogens is 275 g/mol. The fourth-order valence-electron chi connectivity index (χ4n) is 1.52. The first kappa shape index (κ1) is 13.3. The van der Waals surface area contributed by atoms with Gasteiger partial charge in [0.2, 0.25) is 0 Å². The van der Waals surface area contributed by atoms with E-state index in [1.54, 1.807) is 4.90 Å². The first-order chi connectivity index (χ1) is 6.93. The van der Waals surface area contributed by atoms with Gasteiger partial charge >= 0.3 is 6.18 Å². The summed E-state index contributed by atoms with van der Waals surface area (Å²) in [5.74, 6) is 0. The van der Waals surface area contributed by atoms with Crippen molar-refractivity contribution in [2.24, 2.45) is 0 Å². The second kappa shape index (κ2) is 5.50. The first-order valence-electron chi connectivity index (χ1n) is 4.98. The normalized spacial score (nSPS) is 26.6. The van der Waals surface area contributed by atoms with E-state index in [0.717, 1.165) is 6.42 Å². The van der Waals surface area contributed by atoms with Crippen LogP contribution in [0.3, 0.4) is 0 Å². The molecule has 0 spiro atoms. The average Bonchev–Trinajstić information content (AvgIpc) is 2.16. The molecule has 1 heterocycles. The standard InChI is InChI=1S/C9H15BrF3NO/c1-2-7-5-14(3-4-15-7)6-8(10)9(11,12)13/h7-8H,2-6H2,1H3. The Bertz CT molecular complexity index is 200. The van der Waals surface area contributed by atoms with Crippen molar-refractivity contribution >= 4 is 15.9 Å². The number of hydrogen-bond acceptors (Lipinski definition) is 2. The van der Waals surface area contributed by atoms with Crippen LogP contribution < -0.4 is 0 Å². The molecular formula is C9H15BrF3NO. The second-order valence-corrected chi connectivity index (χ2v) is 4.78. The van der Waals surface area contributed by atoms with E-state index < -0.39 is 11.0 Å². The fraction of sp³-hybridized carbons (Fsp3) is 1.00. The summed E-state index contributed by atoms with van der Waals surface area (Å²) in [7, 11) is 0. The van der Waals surface area contributed by atoms with Gasteiger partial charge in [0.05, 0.1) is 12.7 Å². The third kappa shape index (κ3) is 4.28. The third-order valence-corrected chi connectivity index (χ3v) is 3.26. The molecule has 1 saturated heterocycles. The van der Waals surface area contributed by atoms with E-state index in [1.807, 2.05) is 6.92 Å². The lowest BCUT2D eigenvalue weighted by atomic mass is 10.2. The molecule has 0 aromatic heterocycles. The Balaban J connectivity index is 2.38. The Kier molecular flexibility index (Phi) is 4.86. The van der Waals surface area contributed by atoms with Gasteiger partial charge in [-0.1, -0.05) is 22.9 Å². The number of hydrogen-bond donors (Lipinski definition) is 0. The Morgan fingerprint density at radius 3 is 2.73 bits per heavy atom. The minimum Gasteiger partial charge on any atom is -0.376 e. The summed E-state index contributed by atoms with van der Waals surface area (Å²) in [6, 6.07) is 0. The molecule has 1 aliphatic rings. The van der Waals surface area contributed by atoms with Crippen molar-refractivity contribution in [3.05, 3.63) is 0 Å². The van der Waals surface area contributed by atoms with Crippen molar-refractivity contribution in [3.63, 3.8) is 0 Å². The lowest BCUT2D eigenvalue weighted by Gasteiger charge is -2.33. The molecule has 1 fully saturated rings. The number of ether oxygens (including phenoxy) is 1. The van der Waals surface area contributed by atoms with Crippen LogP contribution in [-0.4, -0.2) is 48.2 Å². The summed E-state index contributed by atoms with van der Waals surface area (Å²) in [5.41, 5.74) is 0. The Labute approximate surface area is 95.9 Å². The maximum atomic E-state index is 12.3. The van der Waals surface area contributed by atoms with Crippen molar-refractivity contribution in [2.75, 3.05) is 26.2 Å². The lowest BCUT2D eigenvalue weighted by molar-refractivity contribution is -0.134. The summed E-state index contributed by atoms with van der Waals surface area (Å²) in [4.78, 5) is 0.352. The first-order valence-corrected chi connectivity index (χ1v) is 5.89. The fourth-order valence-corrected chi connectivity index (χ4v) is 1.93. The average molecular weight is 290 g/mol. The van der Waals surface area contributed by atoms with Gasteiger partial charge in [0.15, 0.2) is 0 Å². The predicted octanol–water partition coefficient (Wildman–Crippen LogP) is 2.42. The molecule has 15 heavy (non-hydrogen) atoms. The molecule has 0 bridgehead atoms. The molecule has 0 aromatic carbocycles. The largest absolute Gasteiger partial charge is 0.402 e. The Hall–Kier alpha value is 0.190. The van der Waals surface area contributed by atoms with Gasteiger partial charge in [0, 0.05) is 19.6 Å². The van der Waals surface area contributed by atoms with Gasteiger partial charge in [-0.3, -0.25) is 4.90 Å². The van der Waals surface area contributed by atoms with Crippen LogP contribution in [0.15, 0.2) is 0 Å². The smallest absolute Gasteiger partial charge is 0.376 e. The van der Waals surface area contributed by atoms with Crippen LogP contribution in [0.1, 0.15) is 13.3 Å². The highest BCUT2D eigenvalue weighted by Crippen LogP contribution is 2.27. The maximum absolute atomic E-state index is 12.3. The van der Waals surface area contributed by atoms with Crippen LogP contribution in [0.2, 0.25) is 0 Å². The predicted molar refractivity (Wildman–Crippen MR) is 55.2 cm³/mol. The van der Waals surface area contributed by atoms with E-state index >= 15 is 0 Å². The molecule has 90 valence electrons. The molecule has 0 aromatic rings. The molecule has 2 unspecified atom stereocenters. The van der Waals surface area contributed by atoms with Crippen LogP contribution in [0.4, 0.5) is 13.2 Å². The number of halogens is 4. The molecule has 0 radical (unpaired) electrons. The van der Waals surface area contributed by atoms with Crippen LogP contribution in [0, 0.1) is 0 Å². The highest BCUT2D eigenvalue weighted by atomic mass is 79.9. The van der Waals surface area contributed by atoms with Crippen molar-refractivity contribution in [2.45, 2.75) is 30.5 Å². The molecule has 0 saturated carbocycles. The van der Waals surface area contributed by atoms with Crippen LogP contribution >= 0.6 is 15.9 Å². The second-order valence-electron chi connectivity index (χ2n) is 3.67. The highest BCUT2D eigenvalue weighted by Gasteiger charge is 2.39. The molecule has 0 N–H and O–H groups in total. The number of alkyl halides is 4. The zero-order valence-corrected chi connectivity index (χ0v) is 10.1. The quantitative estimate of drug-likeness (QED) is 0.740. The number of rotatable bonds is 3. The molecule has 2 nitrogen and oxygen atoms in total. The van der Waals surface area contributed by atoms with Gasteiger partial charge in [-0.15, -0.1) is 0 Å². The zero-order chi connectivity index (χ0) is 11.5. The van der Waals surface area contributed by atoms with Crippen molar-refractivity contribution in [1.82, 2.24) is 4.90 Å². The van der Waals surface area contributed by atoms with Gasteiger partial charge in [-0.25, -0.2) is 0 Å². The van der Waals surface area contributed by atoms with Gasteiger partial charge < -0.3 is 4.74 Å². The Morgan fingerprint density at radius 2 is 2.20 bits per heavy atom. The van der Waals surface area contributed by atoms with E-state index in [-0.39, 0.29) is 12.6 Å². The van der Waals surface area contributed by atoms with Crippen LogP contribution in [0.25, 0.3) is 0 Å². The van der Waals surface area contributed by atoms with E-state index in [2.05, 4.69) is 15.9 Å². The zero-order valence-electron chi connectivity index (χ0n) is 8.56. The number of morpholine rings is 1. The summed E-state index contributed by atoms with van der Waals surface area (Å²) in [6.07, 6.45) is -3.25. The van der Waals surface area contributed by atoms with Crippen molar-refractivity contribution in [3.8, 4) is 0 Å². The Morgan fingerprint density at radius 1 is 1.53 bits per heavy atom. The van der Waals surface area contributed by atoms with E-state index in [9.17, 15) is 13.2 Å². The van der Waals surface area contributed by atoms with Crippen molar-refractivity contribution < 1.29 is 17.9 Å². The molecule has 2 atom stereocenters. The lowest BCUT2D eigenvalue weighted by Crippen LogP contribution is -2.46. The summed E-state index contributed by atoms with van der Waals surface area (Å²) in [6.45, 7) is 3.67. The van der Waals surface area contributed by atoms with Gasteiger partial charge in [0.1, 0.15) is 4.83 Å². The van der Waals surface area contributed by atoms with E-state index in [0.29, 0.717) is 19.7 Å². The summed E-state index contributed by atoms with van der Waals surface area (Å²) in [5, 5.41) is 0. The van der Waals surface area contributed by atoms with Gasteiger partial charge in [0.25, 0.3) is 0 Å². The van der Waals surface area contributed by atoms with Crippen molar-refractivity contribution in [1.29, 1.82) is 0 Å². The van der Waals surface area contributed by atoms with E-state index in [1.165, 1.54) is 0 Å². The monoisotopic (exact) mass is 289 g/mol. The molecule has 0 aliphatic carbocycles. The minimum atomic E-state index is -4.17. The van der Waals surface area contributed by atoms with E-state index in [4.69, 9.17) is 4.74 Å². The molecule has 0 amide bonds. The summed E-state index contributed by atoms with van der Waals surface area (Å²) < 4.78 is 42.2. The topological polar surface area (TPSA) is 12.5 Å². The van der Waals surface area contributed by atoms with Gasteiger partial charge in [-0.2, -0.15) is 13.2 Å². The summed E-state index contributed by atoms with van der Waals surface area (Å²) >= 11 is 2.67. The third-order valence-electron chi connectivity index (χ3n) is 2.45. The highest BCUT2D eigenvalue weighted by molar-refractivity contribution is 9.09. The molecule has 6 heteroatoms. The molecule has 1 aliphatic heterocycles.